The largest absolute Gasteiger partial charge is 0.366 e. The molecular formula is C18H21N3O2. The highest BCUT2D eigenvalue weighted by atomic mass is 16.3. The van der Waals surface area contributed by atoms with E-state index in [0.717, 1.165) is 22.4 Å². The lowest BCUT2D eigenvalue weighted by molar-refractivity contribution is -0.0647. The van der Waals surface area contributed by atoms with Crippen LogP contribution in [0.15, 0.2) is 42.7 Å². The summed E-state index contributed by atoms with van der Waals surface area (Å²) in [6.45, 7) is 1.76. The first-order valence-electron chi connectivity index (χ1n) is 7.50. The van der Waals surface area contributed by atoms with Gasteiger partial charge in [-0.2, -0.15) is 0 Å². The van der Waals surface area contributed by atoms with E-state index in [-0.39, 0.29) is 5.91 Å². The Kier molecular flexibility index (Phi) is 3.53. The Morgan fingerprint density at radius 3 is 2.48 bits per heavy atom. The average Bonchev–Trinajstić information content (AvgIpc) is 3.01. The maximum atomic E-state index is 12.0. The van der Waals surface area contributed by atoms with Crippen LogP contribution in [-0.2, 0) is 5.72 Å². The Morgan fingerprint density at radius 1 is 1.22 bits per heavy atom. The van der Waals surface area contributed by atoms with Gasteiger partial charge >= 0.3 is 0 Å². The summed E-state index contributed by atoms with van der Waals surface area (Å²) in [5.74, 6) is -0.0171. The lowest BCUT2D eigenvalue weighted by Crippen LogP contribution is -2.41. The quantitative estimate of drug-likeness (QED) is 0.894. The maximum Gasteiger partial charge on any atom is 0.253 e. The van der Waals surface area contributed by atoms with E-state index in [2.05, 4.69) is 4.98 Å². The van der Waals surface area contributed by atoms with Crippen molar-refractivity contribution < 1.29 is 9.90 Å². The van der Waals surface area contributed by atoms with Crippen LogP contribution < -0.4 is 0 Å². The van der Waals surface area contributed by atoms with Gasteiger partial charge in [-0.1, -0.05) is 12.1 Å². The van der Waals surface area contributed by atoms with E-state index in [0.29, 0.717) is 5.56 Å². The second-order valence-electron chi connectivity index (χ2n) is 6.22. The zero-order chi connectivity index (χ0) is 16.8. The van der Waals surface area contributed by atoms with Gasteiger partial charge in [0, 0.05) is 50.2 Å². The zero-order valence-electron chi connectivity index (χ0n) is 13.8. The van der Waals surface area contributed by atoms with Crippen LogP contribution in [0.3, 0.4) is 0 Å². The molecule has 3 rings (SSSR count). The number of amides is 1. The summed E-state index contributed by atoms with van der Waals surface area (Å²) in [6.07, 6.45) is 3.76. The second-order valence-corrected chi connectivity index (χ2v) is 6.22. The number of rotatable bonds is 2. The lowest BCUT2D eigenvalue weighted by Gasteiger charge is -2.37. The number of aromatic nitrogens is 1. The standard InChI is InChI=1S/C18H21N3O2/c1-18(23)16-14(9-10-19-16)15(11-21(18)4)12-5-7-13(8-6-12)17(22)20(2)3/h5-11,19,23H,1-4H3. The Morgan fingerprint density at radius 2 is 1.87 bits per heavy atom. The van der Waals surface area contributed by atoms with Gasteiger partial charge in [0.25, 0.3) is 5.91 Å². The summed E-state index contributed by atoms with van der Waals surface area (Å²) < 4.78 is 0. The van der Waals surface area contributed by atoms with Crippen LogP contribution in [0, 0.1) is 0 Å². The Labute approximate surface area is 135 Å². The number of fused-ring (bicyclic) bond motifs is 1. The van der Waals surface area contributed by atoms with E-state index in [1.54, 1.807) is 30.8 Å². The van der Waals surface area contributed by atoms with Crippen LogP contribution in [0.2, 0.25) is 0 Å². The van der Waals surface area contributed by atoms with Gasteiger partial charge in [0.2, 0.25) is 0 Å². The van der Waals surface area contributed by atoms with Gasteiger partial charge in [0.15, 0.2) is 5.72 Å². The Bertz CT molecular complexity index is 770. The third kappa shape index (κ3) is 2.43. The molecule has 23 heavy (non-hydrogen) atoms. The maximum absolute atomic E-state index is 12.0. The van der Waals surface area contributed by atoms with Crippen molar-refractivity contribution in [2.24, 2.45) is 0 Å². The van der Waals surface area contributed by atoms with Crippen LogP contribution in [0.4, 0.5) is 0 Å². The number of hydrogen-bond acceptors (Lipinski definition) is 3. The monoisotopic (exact) mass is 311 g/mol. The minimum absolute atomic E-state index is 0.0171. The van der Waals surface area contributed by atoms with E-state index >= 15 is 0 Å². The smallest absolute Gasteiger partial charge is 0.253 e. The topological polar surface area (TPSA) is 59.6 Å². The molecule has 2 aromatic rings. The molecule has 0 saturated heterocycles. The van der Waals surface area contributed by atoms with Crippen LogP contribution in [-0.4, -0.2) is 46.9 Å². The Hall–Kier alpha value is -2.53. The van der Waals surface area contributed by atoms with Gasteiger partial charge in [-0.3, -0.25) is 4.79 Å². The summed E-state index contributed by atoms with van der Waals surface area (Å²) in [4.78, 5) is 18.5. The molecule has 1 amide bonds. The van der Waals surface area contributed by atoms with E-state index in [9.17, 15) is 9.90 Å². The van der Waals surface area contributed by atoms with Gasteiger partial charge in [-0.15, -0.1) is 0 Å². The number of carbonyl (C=O) groups is 1. The molecule has 1 aliphatic heterocycles. The second kappa shape index (κ2) is 5.28. The molecule has 0 radical (unpaired) electrons. The number of H-pyrrole nitrogens is 1. The predicted molar refractivity (Wildman–Crippen MR) is 89.7 cm³/mol. The third-order valence-electron chi connectivity index (χ3n) is 4.37. The summed E-state index contributed by atoms with van der Waals surface area (Å²) in [7, 11) is 5.32. The summed E-state index contributed by atoms with van der Waals surface area (Å²) in [5.41, 5.74) is 3.35. The molecule has 0 bridgehead atoms. The van der Waals surface area contributed by atoms with Crippen LogP contribution in [0.1, 0.15) is 34.1 Å². The van der Waals surface area contributed by atoms with Gasteiger partial charge in [-0.05, 0) is 30.7 Å². The summed E-state index contributed by atoms with van der Waals surface area (Å²) >= 11 is 0. The molecule has 5 nitrogen and oxygen atoms in total. The van der Waals surface area contributed by atoms with Gasteiger partial charge in [0.05, 0.1) is 5.69 Å². The first-order chi connectivity index (χ1) is 10.8. The van der Waals surface area contributed by atoms with Crippen molar-refractivity contribution in [2.45, 2.75) is 12.6 Å². The predicted octanol–water partition coefficient (Wildman–Crippen LogP) is 2.22. The van der Waals surface area contributed by atoms with Crippen LogP contribution in [0.25, 0.3) is 5.57 Å². The summed E-state index contributed by atoms with van der Waals surface area (Å²) in [6, 6.07) is 9.50. The molecule has 1 aliphatic rings. The van der Waals surface area contributed by atoms with Crippen molar-refractivity contribution >= 4 is 11.5 Å². The minimum Gasteiger partial charge on any atom is -0.366 e. The van der Waals surface area contributed by atoms with Crippen molar-refractivity contribution in [3.63, 3.8) is 0 Å². The third-order valence-corrected chi connectivity index (χ3v) is 4.37. The molecule has 0 aliphatic carbocycles. The first kappa shape index (κ1) is 15.4. The van der Waals surface area contributed by atoms with Crippen LogP contribution in [0.5, 0.6) is 0 Å². The number of aliphatic hydroxyl groups is 1. The number of benzene rings is 1. The molecule has 0 saturated carbocycles. The van der Waals surface area contributed by atoms with Crippen molar-refractivity contribution in [2.75, 3.05) is 21.1 Å². The van der Waals surface area contributed by atoms with Gasteiger partial charge in [0.1, 0.15) is 0 Å². The highest BCUT2D eigenvalue weighted by Gasteiger charge is 2.35. The average molecular weight is 311 g/mol. The molecular weight excluding hydrogens is 290 g/mol. The molecule has 1 atom stereocenters. The Balaban J connectivity index is 2.01. The fourth-order valence-corrected chi connectivity index (χ4v) is 2.83. The van der Waals surface area contributed by atoms with Gasteiger partial charge < -0.3 is 19.9 Å². The zero-order valence-corrected chi connectivity index (χ0v) is 13.8. The number of hydrogen-bond donors (Lipinski definition) is 2. The molecule has 2 N–H and O–H groups in total. The molecule has 5 heteroatoms. The SMILES string of the molecule is CN(C)C(=O)c1ccc(C2=CN(C)C(C)(O)c3[nH]ccc32)cc1. The summed E-state index contributed by atoms with van der Waals surface area (Å²) in [5, 5.41) is 10.6. The fourth-order valence-electron chi connectivity index (χ4n) is 2.83. The molecule has 0 spiro atoms. The first-order valence-corrected chi connectivity index (χ1v) is 7.50. The number of nitrogens with zero attached hydrogens (tertiary/aromatic N) is 2. The van der Waals surface area contributed by atoms with Crippen molar-refractivity contribution in [3.05, 3.63) is 65.1 Å². The normalized spacial score (nSPS) is 20.0. The number of aromatic amines is 1. The molecule has 2 heterocycles. The minimum atomic E-state index is -1.07. The van der Waals surface area contributed by atoms with Crippen LogP contribution >= 0.6 is 0 Å². The highest BCUT2D eigenvalue weighted by Crippen LogP contribution is 2.38. The highest BCUT2D eigenvalue weighted by molar-refractivity contribution is 5.94. The van der Waals surface area contributed by atoms with E-state index < -0.39 is 5.72 Å². The molecule has 1 unspecified atom stereocenters. The molecule has 1 aromatic heterocycles. The van der Waals surface area contributed by atoms with E-state index in [1.807, 2.05) is 49.8 Å². The molecule has 1 aromatic carbocycles. The fraction of sp³-hybridized carbons (Fsp3) is 0.278. The molecule has 120 valence electrons. The van der Waals surface area contributed by atoms with E-state index in [1.165, 1.54) is 0 Å². The van der Waals surface area contributed by atoms with Crippen molar-refractivity contribution in [1.29, 1.82) is 0 Å². The lowest BCUT2D eigenvalue weighted by atomic mass is 9.91. The number of nitrogens with one attached hydrogen (secondary N) is 1. The van der Waals surface area contributed by atoms with E-state index in [4.69, 9.17) is 0 Å². The van der Waals surface area contributed by atoms with Gasteiger partial charge in [-0.25, -0.2) is 0 Å². The van der Waals surface area contributed by atoms with Crippen molar-refractivity contribution in [3.8, 4) is 0 Å². The number of carbonyl (C=O) groups excluding carboxylic acids is 1. The molecule has 0 fully saturated rings. The van der Waals surface area contributed by atoms with Crippen molar-refractivity contribution in [1.82, 2.24) is 14.8 Å².